The van der Waals surface area contributed by atoms with Gasteiger partial charge in [0.25, 0.3) is 5.91 Å². The fourth-order valence-corrected chi connectivity index (χ4v) is 4.52. The Balaban J connectivity index is 1.69. The highest BCUT2D eigenvalue weighted by Crippen LogP contribution is 2.43. The standard InChI is InChI=1S/C26H24BrNO4/c1-31-21-12-11-17(15-22(21)32-2)13-14-28-24(19-9-6-10-20(27)16-19)23(25(29)26(28)30)18-7-4-3-5-8-18/h3-12,15-16,24,29H,13-14H2,1-2H3. The van der Waals surface area contributed by atoms with Crippen molar-refractivity contribution < 1.29 is 19.4 Å². The summed E-state index contributed by atoms with van der Waals surface area (Å²) in [5.41, 5.74) is 3.40. The average molecular weight is 494 g/mol. The van der Waals surface area contributed by atoms with Crippen LogP contribution in [0.25, 0.3) is 5.57 Å². The van der Waals surface area contributed by atoms with Crippen LogP contribution in [0.1, 0.15) is 22.7 Å². The van der Waals surface area contributed by atoms with E-state index in [-0.39, 0.29) is 17.7 Å². The SMILES string of the molecule is COc1ccc(CCN2C(=O)C(O)=C(c3ccccc3)C2c2cccc(Br)c2)cc1OC. The number of ether oxygens (including phenoxy) is 2. The molecule has 164 valence electrons. The molecular formula is C26H24BrNO4. The van der Waals surface area contributed by atoms with E-state index in [4.69, 9.17) is 9.47 Å². The summed E-state index contributed by atoms with van der Waals surface area (Å²) in [6.07, 6.45) is 0.603. The molecule has 0 radical (unpaired) electrons. The van der Waals surface area contributed by atoms with Gasteiger partial charge in [0.2, 0.25) is 0 Å². The highest BCUT2D eigenvalue weighted by atomic mass is 79.9. The molecule has 6 heteroatoms. The molecule has 0 spiro atoms. The fourth-order valence-electron chi connectivity index (χ4n) is 4.11. The van der Waals surface area contributed by atoms with Crippen LogP contribution < -0.4 is 9.47 Å². The molecule has 3 aromatic rings. The van der Waals surface area contributed by atoms with E-state index in [1.807, 2.05) is 72.8 Å². The molecule has 0 bridgehead atoms. The third kappa shape index (κ3) is 4.23. The molecule has 1 amide bonds. The molecule has 0 saturated carbocycles. The number of hydrogen-bond donors (Lipinski definition) is 1. The van der Waals surface area contributed by atoms with Gasteiger partial charge in [0.05, 0.1) is 20.3 Å². The summed E-state index contributed by atoms with van der Waals surface area (Å²) in [6.45, 7) is 0.436. The van der Waals surface area contributed by atoms with Crippen LogP contribution in [-0.4, -0.2) is 36.7 Å². The molecule has 0 aliphatic carbocycles. The van der Waals surface area contributed by atoms with Crippen LogP contribution in [0.3, 0.4) is 0 Å². The molecule has 1 unspecified atom stereocenters. The van der Waals surface area contributed by atoms with Crippen molar-refractivity contribution in [2.75, 3.05) is 20.8 Å². The van der Waals surface area contributed by atoms with Crippen LogP contribution in [0, 0.1) is 0 Å². The first-order valence-corrected chi connectivity index (χ1v) is 11.1. The van der Waals surface area contributed by atoms with Crippen molar-refractivity contribution in [3.05, 3.63) is 99.7 Å². The van der Waals surface area contributed by atoms with E-state index >= 15 is 0 Å². The van der Waals surface area contributed by atoms with E-state index in [1.54, 1.807) is 19.1 Å². The molecule has 1 aliphatic heterocycles. The third-order valence-corrected chi connectivity index (χ3v) is 6.14. The first-order chi connectivity index (χ1) is 15.5. The quantitative estimate of drug-likeness (QED) is 0.467. The molecule has 32 heavy (non-hydrogen) atoms. The van der Waals surface area contributed by atoms with Crippen LogP contribution in [0.5, 0.6) is 11.5 Å². The predicted octanol–water partition coefficient (Wildman–Crippen LogP) is 5.56. The summed E-state index contributed by atoms with van der Waals surface area (Å²) >= 11 is 3.53. The summed E-state index contributed by atoms with van der Waals surface area (Å²) in [5, 5.41) is 10.9. The monoisotopic (exact) mass is 493 g/mol. The normalized spacial score (nSPS) is 15.9. The lowest BCUT2D eigenvalue weighted by Crippen LogP contribution is -2.32. The third-order valence-electron chi connectivity index (χ3n) is 5.64. The van der Waals surface area contributed by atoms with Gasteiger partial charge >= 0.3 is 0 Å². The van der Waals surface area contributed by atoms with Gasteiger partial charge in [0.15, 0.2) is 17.3 Å². The molecule has 1 heterocycles. The Bertz CT molecular complexity index is 1160. The zero-order chi connectivity index (χ0) is 22.7. The highest BCUT2D eigenvalue weighted by Gasteiger charge is 2.40. The second-order valence-corrected chi connectivity index (χ2v) is 8.44. The zero-order valence-electron chi connectivity index (χ0n) is 17.9. The van der Waals surface area contributed by atoms with Gasteiger partial charge in [0.1, 0.15) is 0 Å². The number of nitrogens with zero attached hydrogens (tertiary/aromatic N) is 1. The largest absolute Gasteiger partial charge is 0.503 e. The molecular weight excluding hydrogens is 470 g/mol. The lowest BCUT2D eigenvalue weighted by atomic mass is 9.93. The van der Waals surface area contributed by atoms with Gasteiger partial charge in [-0.25, -0.2) is 0 Å². The first kappa shape index (κ1) is 22.0. The fraction of sp³-hybridized carbons (Fsp3) is 0.192. The number of benzene rings is 3. The lowest BCUT2D eigenvalue weighted by molar-refractivity contribution is -0.129. The van der Waals surface area contributed by atoms with E-state index in [0.29, 0.717) is 30.0 Å². The van der Waals surface area contributed by atoms with Crippen LogP contribution >= 0.6 is 15.9 Å². The number of amides is 1. The van der Waals surface area contributed by atoms with Gasteiger partial charge in [-0.3, -0.25) is 4.79 Å². The van der Waals surface area contributed by atoms with Gasteiger partial charge < -0.3 is 19.5 Å². The van der Waals surface area contributed by atoms with Crippen molar-refractivity contribution >= 4 is 27.4 Å². The van der Waals surface area contributed by atoms with Crippen molar-refractivity contribution in [3.63, 3.8) is 0 Å². The summed E-state index contributed by atoms with van der Waals surface area (Å²) in [5.74, 6) is 0.737. The summed E-state index contributed by atoms with van der Waals surface area (Å²) in [6, 6.07) is 22.8. The minimum Gasteiger partial charge on any atom is -0.503 e. The maximum absolute atomic E-state index is 13.2. The van der Waals surface area contributed by atoms with Crippen LogP contribution in [0.2, 0.25) is 0 Å². The van der Waals surface area contributed by atoms with Crippen LogP contribution in [0.15, 0.2) is 83.0 Å². The number of carbonyl (C=O) groups is 1. The molecule has 0 saturated heterocycles. The second kappa shape index (κ2) is 9.49. The highest BCUT2D eigenvalue weighted by molar-refractivity contribution is 9.10. The van der Waals surface area contributed by atoms with Gasteiger partial charge in [-0.1, -0.05) is 64.5 Å². The molecule has 1 atom stereocenters. The van der Waals surface area contributed by atoms with E-state index in [9.17, 15) is 9.90 Å². The first-order valence-electron chi connectivity index (χ1n) is 10.3. The molecule has 0 fully saturated rings. The number of halogens is 1. The molecule has 3 aromatic carbocycles. The minimum absolute atomic E-state index is 0.200. The Morgan fingerprint density at radius 1 is 0.938 bits per heavy atom. The Labute approximate surface area is 196 Å². The second-order valence-electron chi connectivity index (χ2n) is 7.52. The number of aliphatic hydroxyl groups is 1. The van der Waals surface area contributed by atoms with Crippen molar-refractivity contribution in [2.45, 2.75) is 12.5 Å². The lowest BCUT2D eigenvalue weighted by Gasteiger charge is -2.27. The van der Waals surface area contributed by atoms with Gasteiger partial charge in [-0.2, -0.15) is 0 Å². The number of carbonyl (C=O) groups excluding carboxylic acids is 1. The molecule has 0 aromatic heterocycles. The number of methoxy groups -OCH3 is 2. The van der Waals surface area contributed by atoms with Gasteiger partial charge in [-0.15, -0.1) is 0 Å². The summed E-state index contributed by atoms with van der Waals surface area (Å²) < 4.78 is 11.6. The maximum Gasteiger partial charge on any atom is 0.289 e. The Kier molecular flexibility index (Phi) is 6.51. The van der Waals surface area contributed by atoms with E-state index in [2.05, 4.69) is 15.9 Å². The van der Waals surface area contributed by atoms with Crippen LogP contribution in [0.4, 0.5) is 0 Å². The predicted molar refractivity (Wildman–Crippen MR) is 128 cm³/mol. The number of aliphatic hydroxyl groups excluding tert-OH is 1. The molecule has 5 nitrogen and oxygen atoms in total. The maximum atomic E-state index is 13.2. The van der Waals surface area contributed by atoms with E-state index < -0.39 is 0 Å². The van der Waals surface area contributed by atoms with Gasteiger partial charge in [-0.05, 0) is 47.4 Å². The zero-order valence-corrected chi connectivity index (χ0v) is 19.5. The van der Waals surface area contributed by atoms with Gasteiger partial charge in [0, 0.05) is 16.6 Å². The van der Waals surface area contributed by atoms with Crippen molar-refractivity contribution in [2.24, 2.45) is 0 Å². The summed E-state index contributed by atoms with van der Waals surface area (Å²) in [7, 11) is 3.20. The van der Waals surface area contributed by atoms with Crippen molar-refractivity contribution in [3.8, 4) is 11.5 Å². The van der Waals surface area contributed by atoms with Crippen molar-refractivity contribution in [1.29, 1.82) is 0 Å². The van der Waals surface area contributed by atoms with E-state index in [0.717, 1.165) is 21.2 Å². The van der Waals surface area contributed by atoms with Crippen LogP contribution in [-0.2, 0) is 11.2 Å². The minimum atomic E-state index is -0.387. The Morgan fingerprint density at radius 3 is 2.38 bits per heavy atom. The Morgan fingerprint density at radius 2 is 1.69 bits per heavy atom. The molecule has 1 N–H and O–H groups in total. The van der Waals surface area contributed by atoms with Crippen molar-refractivity contribution in [1.82, 2.24) is 4.90 Å². The number of hydrogen-bond acceptors (Lipinski definition) is 4. The number of rotatable bonds is 7. The van der Waals surface area contributed by atoms with E-state index in [1.165, 1.54) is 0 Å². The Hall–Kier alpha value is -3.25. The summed E-state index contributed by atoms with van der Waals surface area (Å²) in [4.78, 5) is 14.9. The average Bonchev–Trinajstić information content (AvgIpc) is 3.08. The smallest absolute Gasteiger partial charge is 0.289 e. The topological polar surface area (TPSA) is 59.0 Å². The molecule has 4 rings (SSSR count). The molecule has 1 aliphatic rings.